The van der Waals surface area contributed by atoms with Crippen molar-refractivity contribution in [1.29, 1.82) is 0 Å². The van der Waals surface area contributed by atoms with Gasteiger partial charge in [0.25, 0.3) is 0 Å². The lowest BCUT2D eigenvalue weighted by Crippen LogP contribution is -2.44. The summed E-state index contributed by atoms with van der Waals surface area (Å²) in [7, 11) is 0. The van der Waals surface area contributed by atoms with Crippen molar-refractivity contribution in [3.8, 4) is 5.88 Å². The van der Waals surface area contributed by atoms with Crippen molar-refractivity contribution in [2.45, 2.75) is 57.7 Å². The first-order chi connectivity index (χ1) is 15.2. The Bertz CT molecular complexity index is 875. The Hall–Kier alpha value is -2.17. The molecule has 0 radical (unpaired) electrons. The van der Waals surface area contributed by atoms with Gasteiger partial charge in [0.1, 0.15) is 6.10 Å². The van der Waals surface area contributed by atoms with E-state index in [4.69, 9.17) is 9.73 Å². The minimum absolute atomic E-state index is 0. The van der Waals surface area contributed by atoms with Crippen LogP contribution in [-0.4, -0.2) is 47.7 Å². The molecule has 0 aromatic carbocycles. The number of pyridine rings is 2. The van der Waals surface area contributed by atoms with Crippen molar-refractivity contribution in [3.05, 3.63) is 48.0 Å². The number of anilines is 1. The predicted molar refractivity (Wildman–Crippen MR) is 135 cm³/mol. The molecule has 1 aliphatic carbocycles. The number of guanidine groups is 1. The quantitative estimate of drug-likeness (QED) is 0.308. The van der Waals surface area contributed by atoms with E-state index in [0.29, 0.717) is 30.9 Å². The summed E-state index contributed by atoms with van der Waals surface area (Å²) in [4.78, 5) is 15.3. The molecule has 1 aliphatic heterocycles. The molecule has 9 heteroatoms. The number of rotatable bonds is 7. The summed E-state index contributed by atoms with van der Waals surface area (Å²) in [5.74, 6) is 1.58. The van der Waals surface area contributed by atoms with Crippen molar-refractivity contribution in [2.24, 2.45) is 4.99 Å². The Labute approximate surface area is 206 Å². The van der Waals surface area contributed by atoms with Crippen LogP contribution in [0, 0.1) is 5.82 Å². The summed E-state index contributed by atoms with van der Waals surface area (Å²) in [6.45, 7) is 4.78. The molecule has 2 N–H and O–H groups in total. The number of nitrogens with one attached hydrogen (secondary N) is 2. The average molecular weight is 554 g/mol. The molecule has 3 heterocycles. The third-order valence-electron chi connectivity index (χ3n) is 5.72. The van der Waals surface area contributed by atoms with Crippen LogP contribution in [0.3, 0.4) is 0 Å². The number of aromatic nitrogens is 2. The van der Waals surface area contributed by atoms with Crippen LogP contribution in [0.25, 0.3) is 0 Å². The summed E-state index contributed by atoms with van der Waals surface area (Å²) >= 11 is 0. The van der Waals surface area contributed by atoms with E-state index in [-0.39, 0.29) is 35.8 Å². The van der Waals surface area contributed by atoms with Gasteiger partial charge in [-0.1, -0.05) is 6.07 Å². The largest absolute Gasteiger partial charge is 0.474 e. The first-order valence-electron chi connectivity index (χ1n) is 11.2. The standard InChI is InChI=1S/C23H31FN6O.HI/c1-2-25-23(29-18-11-13-30(16-18)22-20(24)8-5-12-26-22)28-15-17-9-10-21(27-14-17)31-19-6-3-4-7-19;/h5,8-10,12,14,18-19H,2-4,6-7,11,13,15-16H2,1H3,(H2,25,28,29);1H. The van der Waals surface area contributed by atoms with E-state index in [1.165, 1.54) is 18.9 Å². The van der Waals surface area contributed by atoms with Crippen LogP contribution in [0.5, 0.6) is 5.88 Å². The van der Waals surface area contributed by atoms with Crippen LogP contribution in [0.2, 0.25) is 0 Å². The smallest absolute Gasteiger partial charge is 0.213 e. The van der Waals surface area contributed by atoms with Gasteiger partial charge in [0.15, 0.2) is 17.6 Å². The lowest BCUT2D eigenvalue weighted by Gasteiger charge is -2.20. The van der Waals surface area contributed by atoms with E-state index >= 15 is 0 Å². The topological polar surface area (TPSA) is 74.7 Å². The molecule has 0 amide bonds. The maximum atomic E-state index is 14.0. The van der Waals surface area contributed by atoms with Crippen LogP contribution < -0.4 is 20.3 Å². The Balaban J connectivity index is 0.00000289. The van der Waals surface area contributed by atoms with Crippen LogP contribution in [0.1, 0.15) is 44.6 Å². The minimum atomic E-state index is -0.281. The zero-order valence-corrected chi connectivity index (χ0v) is 20.8. The third kappa shape index (κ3) is 6.66. The second-order valence-corrected chi connectivity index (χ2v) is 8.11. The van der Waals surface area contributed by atoms with Crippen molar-refractivity contribution >= 4 is 35.8 Å². The molecule has 174 valence electrons. The summed E-state index contributed by atoms with van der Waals surface area (Å²) < 4.78 is 20.0. The van der Waals surface area contributed by atoms with Gasteiger partial charge in [0.05, 0.1) is 6.54 Å². The number of aliphatic imine (C=N–C) groups is 1. The van der Waals surface area contributed by atoms with Crippen LogP contribution in [0.15, 0.2) is 41.7 Å². The van der Waals surface area contributed by atoms with Crippen molar-refractivity contribution in [1.82, 2.24) is 20.6 Å². The number of nitrogens with zero attached hydrogens (tertiary/aromatic N) is 4. The monoisotopic (exact) mass is 554 g/mol. The van der Waals surface area contributed by atoms with Crippen LogP contribution in [-0.2, 0) is 6.54 Å². The molecule has 1 saturated heterocycles. The molecular formula is C23H32FIN6O. The zero-order valence-electron chi connectivity index (χ0n) is 18.5. The van der Waals surface area contributed by atoms with E-state index in [9.17, 15) is 4.39 Å². The van der Waals surface area contributed by atoms with Crippen molar-refractivity contribution in [3.63, 3.8) is 0 Å². The van der Waals surface area contributed by atoms with Crippen LogP contribution >= 0.6 is 24.0 Å². The fraction of sp³-hybridized carbons (Fsp3) is 0.522. The summed E-state index contributed by atoms with van der Waals surface area (Å²) in [6, 6.07) is 7.19. The molecule has 1 saturated carbocycles. The summed E-state index contributed by atoms with van der Waals surface area (Å²) in [5.41, 5.74) is 1.03. The molecule has 7 nitrogen and oxygen atoms in total. The number of halogens is 2. The maximum Gasteiger partial charge on any atom is 0.213 e. The third-order valence-corrected chi connectivity index (χ3v) is 5.72. The highest BCUT2D eigenvalue weighted by molar-refractivity contribution is 14.0. The molecule has 4 rings (SSSR count). The first-order valence-corrected chi connectivity index (χ1v) is 11.2. The van der Waals surface area contributed by atoms with Crippen LogP contribution in [0.4, 0.5) is 10.2 Å². The highest BCUT2D eigenvalue weighted by Crippen LogP contribution is 2.23. The van der Waals surface area contributed by atoms with E-state index in [1.54, 1.807) is 12.3 Å². The molecule has 1 atom stereocenters. The van der Waals surface area contributed by atoms with Gasteiger partial charge in [-0.25, -0.2) is 19.4 Å². The molecule has 0 bridgehead atoms. The van der Waals surface area contributed by atoms with Gasteiger partial charge < -0.3 is 20.3 Å². The normalized spacial score (nSPS) is 19.0. The zero-order chi connectivity index (χ0) is 21.5. The van der Waals surface area contributed by atoms with Gasteiger partial charge in [-0.3, -0.25) is 0 Å². The second kappa shape index (κ2) is 12.2. The van der Waals surface area contributed by atoms with Gasteiger partial charge in [-0.15, -0.1) is 24.0 Å². The fourth-order valence-corrected chi connectivity index (χ4v) is 4.12. The summed E-state index contributed by atoms with van der Waals surface area (Å²) in [6.07, 6.45) is 9.40. The Morgan fingerprint density at radius 2 is 2.06 bits per heavy atom. The van der Waals surface area contributed by atoms with Crippen molar-refractivity contribution in [2.75, 3.05) is 24.5 Å². The molecule has 2 aliphatic rings. The maximum absolute atomic E-state index is 14.0. The van der Waals surface area contributed by atoms with Gasteiger partial charge in [-0.05, 0) is 56.7 Å². The Kier molecular flexibility index (Phi) is 9.31. The molecule has 2 fully saturated rings. The van der Waals surface area contributed by atoms with E-state index in [1.807, 2.05) is 30.2 Å². The minimum Gasteiger partial charge on any atom is -0.474 e. The number of hydrogen-bond donors (Lipinski definition) is 2. The predicted octanol–water partition coefficient (Wildman–Crippen LogP) is 3.89. The van der Waals surface area contributed by atoms with Gasteiger partial charge in [0, 0.05) is 44.1 Å². The lowest BCUT2D eigenvalue weighted by atomic mass is 10.2. The van der Waals surface area contributed by atoms with Gasteiger partial charge in [-0.2, -0.15) is 0 Å². The molecule has 32 heavy (non-hydrogen) atoms. The Morgan fingerprint density at radius 3 is 2.78 bits per heavy atom. The molecule has 0 spiro atoms. The first kappa shape index (κ1) is 24.5. The highest BCUT2D eigenvalue weighted by atomic mass is 127. The SMILES string of the molecule is CCNC(=NCc1ccc(OC2CCCC2)nc1)NC1CCN(c2ncccc2F)C1.I. The number of hydrogen-bond acceptors (Lipinski definition) is 5. The van der Waals surface area contributed by atoms with E-state index < -0.39 is 0 Å². The van der Waals surface area contributed by atoms with Gasteiger partial charge in [0.2, 0.25) is 5.88 Å². The highest BCUT2D eigenvalue weighted by Gasteiger charge is 2.26. The van der Waals surface area contributed by atoms with Gasteiger partial charge >= 0.3 is 0 Å². The molecular weight excluding hydrogens is 522 g/mol. The second-order valence-electron chi connectivity index (χ2n) is 8.11. The van der Waals surface area contributed by atoms with Crippen molar-refractivity contribution < 1.29 is 9.13 Å². The molecule has 1 unspecified atom stereocenters. The molecule has 2 aromatic heterocycles. The lowest BCUT2D eigenvalue weighted by molar-refractivity contribution is 0.201. The van der Waals surface area contributed by atoms with E-state index in [0.717, 1.165) is 43.9 Å². The Morgan fingerprint density at radius 1 is 1.22 bits per heavy atom. The summed E-state index contributed by atoms with van der Waals surface area (Å²) in [5, 5.41) is 6.76. The molecule has 2 aromatic rings. The number of ether oxygens (including phenoxy) is 1. The fourth-order valence-electron chi connectivity index (χ4n) is 4.12. The van der Waals surface area contributed by atoms with E-state index in [2.05, 4.69) is 20.6 Å². The average Bonchev–Trinajstić information content (AvgIpc) is 3.46.